The first kappa shape index (κ1) is 31.0. The maximum atomic E-state index is 13.4. The first-order valence-electron chi connectivity index (χ1n) is 15.0. The molecule has 0 spiro atoms. The molecule has 0 saturated carbocycles. The standard InChI is InChI=1S/C33H40FN5O3S/c1-22(40)26-15-27(23(2)41)17-30(16-26)36-33(42)37-31-9-12-39(21-32-35-10-13-43-32)20-28(31)19-38-11-3-4-25(18-38)14-24-5-7-29(34)8-6-24/h5-8,10,13,15-17,25,28,31H,3-4,9,11-12,14,18-21H2,1-2H3,(H2,36,37,42)/t25-,28+,31+/m0/s1. The quantitative estimate of drug-likeness (QED) is 0.290. The highest BCUT2D eigenvalue weighted by atomic mass is 32.1. The maximum Gasteiger partial charge on any atom is 0.319 e. The second-order valence-corrected chi connectivity index (χ2v) is 12.9. The van der Waals surface area contributed by atoms with Gasteiger partial charge in [-0.25, -0.2) is 14.2 Å². The summed E-state index contributed by atoms with van der Waals surface area (Å²) in [5, 5.41) is 9.18. The van der Waals surface area contributed by atoms with E-state index in [4.69, 9.17) is 0 Å². The number of amides is 2. The second kappa shape index (κ2) is 14.3. The van der Waals surface area contributed by atoms with Gasteiger partial charge in [-0.05, 0) is 87.9 Å². The molecule has 3 heterocycles. The molecule has 1 aromatic heterocycles. The van der Waals surface area contributed by atoms with Gasteiger partial charge in [-0.2, -0.15) is 0 Å². The van der Waals surface area contributed by atoms with Crippen LogP contribution in [0.5, 0.6) is 0 Å². The Kier molecular flexibility index (Phi) is 10.3. The van der Waals surface area contributed by atoms with Crippen LogP contribution in [0.15, 0.2) is 54.0 Å². The third kappa shape index (κ3) is 8.78. The van der Waals surface area contributed by atoms with E-state index in [1.165, 1.54) is 31.5 Å². The van der Waals surface area contributed by atoms with Crippen molar-refractivity contribution in [3.05, 3.63) is 81.6 Å². The molecule has 2 saturated heterocycles. The zero-order chi connectivity index (χ0) is 30.3. The predicted molar refractivity (Wildman–Crippen MR) is 167 cm³/mol. The summed E-state index contributed by atoms with van der Waals surface area (Å²) in [5.41, 5.74) is 2.36. The van der Waals surface area contributed by atoms with Gasteiger partial charge in [0.15, 0.2) is 11.6 Å². The molecule has 10 heteroatoms. The summed E-state index contributed by atoms with van der Waals surface area (Å²) in [6.45, 7) is 8.24. The second-order valence-electron chi connectivity index (χ2n) is 11.9. The Bertz CT molecular complexity index is 1380. The highest BCUT2D eigenvalue weighted by molar-refractivity contribution is 7.09. The normalized spacial score (nSPS) is 21.3. The summed E-state index contributed by atoms with van der Waals surface area (Å²) in [7, 11) is 0. The van der Waals surface area contributed by atoms with Gasteiger partial charge in [0.2, 0.25) is 0 Å². The van der Waals surface area contributed by atoms with Crippen molar-refractivity contribution in [3.63, 3.8) is 0 Å². The minimum atomic E-state index is -0.341. The van der Waals surface area contributed by atoms with E-state index in [1.807, 2.05) is 23.7 Å². The van der Waals surface area contributed by atoms with Crippen molar-refractivity contribution in [1.29, 1.82) is 0 Å². The smallest absolute Gasteiger partial charge is 0.319 e. The van der Waals surface area contributed by atoms with Crippen molar-refractivity contribution in [2.24, 2.45) is 11.8 Å². The number of aromatic nitrogens is 1. The summed E-state index contributed by atoms with van der Waals surface area (Å²) < 4.78 is 13.4. The third-order valence-corrected chi connectivity index (χ3v) is 9.28. The number of nitrogens with zero attached hydrogens (tertiary/aromatic N) is 3. The molecule has 8 nitrogen and oxygen atoms in total. The van der Waals surface area contributed by atoms with Gasteiger partial charge in [0.1, 0.15) is 10.8 Å². The van der Waals surface area contributed by atoms with Crippen LogP contribution in [-0.2, 0) is 13.0 Å². The monoisotopic (exact) mass is 605 g/mol. The highest BCUT2D eigenvalue weighted by Gasteiger charge is 2.33. The van der Waals surface area contributed by atoms with Crippen molar-refractivity contribution >= 4 is 34.6 Å². The molecule has 0 radical (unpaired) electrons. The maximum absolute atomic E-state index is 13.4. The van der Waals surface area contributed by atoms with Crippen molar-refractivity contribution in [1.82, 2.24) is 20.1 Å². The first-order valence-corrected chi connectivity index (χ1v) is 15.9. The van der Waals surface area contributed by atoms with Crippen molar-refractivity contribution < 1.29 is 18.8 Å². The molecule has 3 atom stereocenters. The summed E-state index contributed by atoms with van der Waals surface area (Å²) in [4.78, 5) is 46.7. The Labute approximate surface area is 256 Å². The van der Waals surface area contributed by atoms with Gasteiger partial charge < -0.3 is 15.5 Å². The number of thiazole rings is 1. The van der Waals surface area contributed by atoms with Gasteiger partial charge in [0.25, 0.3) is 0 Å². The summed E-state index contributed by atoms with van der Waals surface area (Å²) in [6, 6.07) is 11.2. The molecule has 2 fully saturated rings. The van der Waals surface area contributed by atoms with Crippen LogP contribution >= 0.6 is 11.3 Å². The fourth-order valence-corrected chi connectivity index (χ4v) is 7.02. The van der Waals surface area contributed by atoms with E-state index >= 15 is 0 Å². The van der Waals surface area contributed by atoms with Crippen LogP contribution in [0.3, 0.4) is 0 Å². The van der Waals surface area contributed by atoms with E-state index < -0.39 is 0 Å². The largest absolute Gasteiger partial charge is 0.335 e. The Balaban J connectivity index is 1.25. The molecular formula is C33H40FN5O3S. The molecule has 2 aliphatic heterocycles. The van der Waals surface area contributed by atoms with Gasteiger partial charge in [-0.15, -0.1) is 11.3 Å². The topological polar surface area (TPSA) is 94.6 Å². The molecule has 3 aromatic rings. The van der Waals surface area contributed by atoms with Crippen LogP contribution in [-0.4, -0.2) is 71.1 Å². The van der Waals surface area contributed by atoms with Crippen molar-refractivity contribution in [2.45, 2.75) is 52.1 Å². The zero-order valence-electron chi connectivity index (χ0n) is 24.9. The van der Waals surface area contributed by atoms with Crippen LogP contribution in [0.4, 0.5) is 14.9 Å². The molecule has 2 aromatic carbocycles. The summed E-state index contributed by atoms with van der Waals surface area (Å²) in [6.07, 6.45) is 5.85. The molecule has 0 unspecified atom stereocenters. The lowest BCUT2D eigenvalue weighted by Gasteiger charge is -2.42. The molecule has 5 rings (SSSR count). The number of ketones is 2. The van der Waals surface area contributed by atoms with Gasteiger partial charge >= 0.3 is 6.03 Å². The molecular weight excluding hydrogens is 565 g/mol. The number of nitrogens with one attached hydrogen (secondary N) is 2. The summed E-state index contributed by atoms with van der Waals surface area (Å²) in [5.74, 6) is 0.173. The Morgan fingerprint density at radius 3 is 2.40 bits per heavy atom. The van der Waals surface area contributed by atoms with Crippen molar-refractivity contribution in [3.8, 4) is 0 Å². The number of hydrogen-bond donors (Lipinski definition) is 2. The Morgan fingerprint density at radius 2 is 1.72 bits per heavy atom. The van der Waals surface area contributed by atoms with Crippen LogP contribution in [0.25, 0.3) is 0 Å². The van der Waals surface area contributed by atoms with Crippen LogP contribution in [0.2, 0.25) is 0 Å². The number of carbonyl (C=O) groups is 3. The minimum Gasteiger partial charge on any atom is -0.335 e. The average molecular weight is 606 g/mol. The predicted octanol–water partition coefficient (Wildman–Crippen LogP) is 5.65. The number of anilines is 1. The van der Waals surface area contributed by atoms with Gasteiger partial charge in [0, 0.05) is 66.5 Å². The lowest BCUT2D eigenvalue weighted by molar-refractivity contribution is 0.0818. The number of carbonyl (C=O) groups excluding carboxylic acids is 3. The first-order chi connectivity index (χ1) is 20.7. The van der Waals surface area contributed by atoms with E-state index in [2.05, 4.69) is 25.4 Å². The fourth-order valence-electron chi connectivity index (χ4n) is 6.36. The van der Waals surface area contributed by atoms with E-state index in [1.54, 1.807) is 29.5 Å². The van der Waals surface area contributed by atoms with Crippen molar-refractivity contribution in [2.75, 3.05) is 38.0 Å². The van der Waals surface area contributed by atoms with Crippen LogP contribution in [0, 0.1) is 17.7 Å². The molecule has 2 aliphatic rings. The summed E-state index contributed by atoms with van der Waals surface area (Å²) >= 11 is 1.66. The molecule has 2 N–H and O–H groups in total. The van der Waals surface area contributed by atoms with Gasteiger partial charge in [-0.1, -0.05) is 12.1 Å². The number of Topliss-reactive ketones (excluding diaryl/α,β-unsaturated/α-hetero) is 2. The van der Waals surface area contributed by atoms with Crippen LogP contribution < -0.4 is 10.6 Å². The lowest BCUT2D eigenvalue weighted by atomic mass is 9.88. The number of halogens is 1. The molecule has 43 heavy (non-hydrogen) atoms. The molecule has 228 valence electrons. The number of hydrogen-bond acceptors (Lipinski definition) is 7. The molecule has 0 aliphatic carbocycles. The minimum absolute atomic E-state index is 0.0340. The number of urea groups is 1. The van der Waals surface area contributed by atoms with E-state index in [9.17, 15) is 18.8 Å². The van der Waals surface area contributed by atoms with Gasteiger partial charge in [-0.3, -0.25) is 14.5 Å². The van der Waals surface area contributed by atoms with Gasteiger partial charge in [0.05, 0.1) is 6.54 Å². The number of benzene rings is 2. The average Bonchev–Trinajstić information content (AvgIpc) is 3.49. The van der Waals surface area contributed by atoms with E-state index in [-0.39, 0.29) is 35.4 Å². The zero-order valence-corrected chi connectivity index (χ0v) is 25.7. The number of likely N-dealkylation sites (tertiary alicyclic amines) is 2. The van der Waals surface area contributed by atoms with Crippen LogP contribution in [0.1, 0.15) is 64.4 Å². The Hall–Kier alpha value is -3.47. The Morgan fingerprint density at radius 1 is 0.977 bits per heavy atom. The lowest BCUT2D eigenvalue weighted by Crippen LogP contribution is -2.55. The molecule has 0 bridgehead atoms. The SMILES string of the molecule is CC(=O)c1cc(NC(=O)N[C@@H]2CCN(Cc3nccs3)C[C@H]2CN2CCC[C@@H](Cc3ccc(F)cc3)C2)cc(C(C)=O)c1. The highest BCUT2D eigenvalue weighted by Crippen LogP contribution is 2.26. The third-order valence-electron chi connectivity index (χ3n) is 8.51. The number of piperidine rings is 2. The van der Waals surface area contributed by atoms with E-state index in [0.717, 1.165) is 70.0 Å². The van der Waals surface area contributed by atoms with E-state index in [0.29, 0.717) is 22.7 Å². The number of rotatable bonds is 10. The molecule has 2 amide bonds. The fraction of sp³-hybridized carbons (Fsp3) is 0.455.